The van der Waals surface area contributed by atoms with E-state index in [1.54, 1.807) is 18.3 Å². The van der Waals surface area contributed by atoms with E-state index in [1.165, 1.54) is 11.3 Å². The number of thiazole rings is 1. The third-order valence-corrected chi connectivity index (χ3v) is 5.83. The number of aromatic nitrogens is 3. The lowest BCUT2D eigenvalue weighted by atomic mass is 10.1. The maximum absolute atomic E-state index is 12.7. The predicted molar refractivity (Wildman–Crippen MR) is 122 cm³/mol. The summed E-state index contributed by atoms with van der Waals surface area (Å²) in [5.41, 5.74) is 4.50. The van der Waals surface area contributed by atoms with Crippen molar-refractivity contribution in [2.75, 3.05) is 5.32 Å². The third-order valence-electron chi connectivity index (χ3n) is 4.65. The second kappa shape index (κ2) is 7.74. The quantitative estimate of drug-likeness (QED) is 0.353. The van der Waals surface area contributed by atoms with E-state index in [0.717, 1.165) is 32.9 Å². The van der Waals surface area contributed by atoms with Gasteiger partial charge < -0.3 is 10.3 Å². The fourth-order valence-corrected chi connectivity index (χ4v) is 4.24. The summed E-state index contributed by atoms with van der Waals surface area (Å²) in [4.78, 5) is 24.9. The molecule has 2 N–H and O–H groups in total. The van der Waals surface area contributed by atoms with E-state index >= 15 is 0 Å². The molecule has 0 bridgehead atoms. The van der Waals surface area contributed by atoms with E-state index in [9.17, 15) is 4.79 Å². The second-order valence-electron chi connectivity index (χ2n) is 6.67. The van der Waals surface area contributed by atoms with Gasteiger partial charge in [-0.1, -0.05) is 41.9 Å². The fraction of sp³-hybridized carbons (Fsp3) is 0. The molecule has 0 radical (unpaired) electrons. The van der Waals surface area contributed by atoms with Gasteiger partial charge in [-0.05, 0) is 36.4 Å². The number of nitrogens with zero attached hydrogens (tertiary/aromatic N) is 2. The number of halogens is 1. The largest absolute Gasteiger partial charge is 0.349 e. The van der Waals surface area contributed by atoms with Crippen LogP contribution in [-0.2, 0) is 0 Å². The lowest BCUT2D eigenvalue weighted by Crippen LogP contribution is -2.12. The van der Waals surface area contributed by atoms with Crippen molar-refractivity contribution >= 4 is 45.4 Å². The topological polar surface area (TPSA) is 70.7 Å². The minimum absolute atomic E-state index is 0.230. The lowest BCUT2D eigenvalue weighted by molar-refractivity contribution is 0.102. The molecule has 5 rings (SSSR count). The molecule has 0 aliphatic heterocycles. The summed E-state index contributed by atoms with van der Waals surface area (Å²) in [5.74, 6) is -0.230. The molecule has 7 heteroatoms. The second-order valence-corrected chi connectivity index (χ2v) is 7.94. The first-order chi connectivity index (χ1) is 14.7. The Kier molecular flexibility index (Phi) is 4.78. The Labute approximate surface area is 181 Å². The van der Waals surface area contributed by atoms with Gasteiger partial charge in [-0.3, -0.25) is 9.78 Å². The number of carbonyl (C=O) groups excluding carboxylic acids is 1. The number of nitrogens with one attached hydrogen (secondary N) is 2. The van der Waals surface area contributed by atoms with E-state index in [0.29, 0.717) is 16.4 Å². The van der Waals surface area contributed by atoms with Gasteiger partial charge in [0, 0.05) is 28.2 Å². The standard InChI is InChI=1S/C23H15ClN4OS/c24-17-8-4-6-15-12-19(27-21(15)17)22(29)26-16-7-3-5-14(11-16)20-13-30-23(28-20)18-9-1-2-10-25-18/h1-13,27H,(H,26,29). The highest BCUT2D eigenvalue weighted by Crippen LogP contribution is 2.29. The molecule has 2 aromatic carbocycles. The summed E-state index contributed by atoms with van der Waals surface area (Å²) in [5, 5.41) is 7.26. The van der Waals surface area contributed by atoms with Crippen LogP contribution < -0.4 is 5.32 Å². The van der Waals surface area contributed by atoms with Crippen LogP contribution in [0.5, 0.6) is 0 Å². The predicted octanol–water partition coefficient (Wildman–Crippen LogP) is 6.26. The zero-order valence-electron chi connectivity index (χ0n) is 15.6. The molecule has 5 aromatic rings. The lowest BCUT2D eigenvalue weighted by Gasteiger charge is -2.05. The summed E-state index contributed by atoms with van der Waals surface area (Å²) in [6.07, 6.45) is 1.75. The number of pyridine rings is 1. The summed E-state index contributed by atoms with van der Waals surface area (Å²) in [7, 11) is 0. The van der Waals surface area contributed by atoms with Crippen LogP contribution in [0.25, 0.3) is 32.9 Å². The van der Waals surface area contributed by atoms with Gasteiger partial charge in [0.15, 0.2) is 0 Å². The molecule has 146 valence electrons. The van der Waals surface area contributed by atoms with Gasteiger partial charge in [0.25, 0.3) is 5.91 Å². The van der Waals surface area contributed by atoms with Crippen LogP contribution in [-0.4, -0.2) is 20.9 Å². The van der Waals surface area contributed by atoms with E-state index in [1.807, 2.05) is 60.0 Å². The molecule has 0 fully saturated rings. The number of carbonyl (C=O) groups is 1. The molecule has 0 unspecified atom stereocenters. The highest BCUT2D eigenvalue weighted by molar-refractivity contribution is 7.13. The van der Waals surface area contributed by atoms with Crippen molar-refractivity contribution in [3.63, 3.8) is 0 Å². The van der Waals surface area contributed by atoms with E-state index in [2.05, 4.69) is 15.3 Å². The summed E-state index contributed by atoms with van der Waals surface area (Å²) in [6, 6.07) is 20.7. The van der Waals surface area contributed by atoms with Gasteiger partial charge >= 0.3 is 0 Å². The zero-order chi connectivity index (χ0) is 20.5. The number of rotatable bonds is 4. The molecule has 30 heavy (non-hydrogen) atoms. The number of amides is 1. The van der Waals surface area contributed by atoms with Crippen LogP contribution >= 0.6 is 22.9 Å². The summed E-state index contributed by atoms with van der Waals surface area (Å²) >= 11 is 7.74. The number of benzene rings is 2. The Morgan fingerprint density at radius 3 is 2.73 bits per heavy atom. The van der Waals surface area contributed by atoms with Crippen LogP contribution in [0.3, 0.4) is 0 Å². The molecule has 0 aliphatic rings. The molecule has 3 aromatic heterocycles. The Balaban J connectivity index is 1.39. The van der Waals surface area contributed by atoms with Gasteiger partial charge in [-0.15, -0.1) is 11.3 Å². The fourth-order valence-electron chi connectivity index (χ4n) is 3.21. The molecule has 5 nitrogen and oxygen atoms in total. The number of fused-ring (bicyclic) bond motifs is 1. The van der Waals surface area contributed by atoms with Gasteiger partial charge in [-0.2, -0.15) is 0 Å². The van der Waals surface area contributed by atoms with E-state index in [4.69, 9.17) is 16.6 Å². The molecule has 0 aliphatic carbocycles. The first-order valence-electron chi connectivity index (χ1n) is 9.23. The van der Waals surface area contributed by atoms with Crippen molar-refractivity contribution in [2.45, 2.75) is 0 Å². The van der Waals surface area contributed by atoms with Gasteiger partial charge in [0.1, 0.15) is 10.7 Å². The molecule has 1 amide bonds. The molecule has 0 saturated heterocycles. The van der Waals surface area contributed by atoms with Crippen molar-refractivity contribution in [3.05, 3.63) is 89.0 Å². The molecule has 3 heterocycles. The molecular weight excluding hydrogens is 416 g/mol. The monoisotopic (exact) mass is 430 g/mol. The van der Waals surface area contributed by atoms with Gasteiger partial charge in [-0.25, -0.2) is 4.98 Å². The van der Waals surface area contributed by atoms with Gasteiger partial charge in [0.2, 0.25) is 0 Å². The minimum Gasteiger partial charge on any atom is -0.349 e. The SMILES string of the molecule is O=C(Nc1cccc(-c2csc(-c3ccccn3)n2)c1)c1cc2cccc(Cl)c2[nH]1. The van der Waals surface area contributed by atoms with Crippen molar-refractivity contribution in [1.29, 1.82) is 0 Å². The van der Waals surface area contributed by atoms with E-state index < -0.39 is 0 Å². The smallest absolute Gasteiger partial charge is 0.272 e. The average Bonchev–Trinajstić information content (AvgIpc) is 3.43. The Morgan fingerprint density at radius 1 is 1.00 bits per heavy atom. The van der Waals surface area contributed by atoms with Crippen LogP contribution in [0, 0.1) is 0 Å². The summed E-state index contributed by atoms with van der Waals surface area (Å²) < 4.78 is 0. The number of para-hydroxylation sites is 1. The highest BCUT2D eigenvalue weighted by atomic mass is 35.5. The molecule has 0 saturated carbocycles. The van der Waals surface area contributed by atoms with E-state index in [-0.39, 0.29) is 5.91 Å². The number of aromatic amines is 1. The molecular formula is C23H15ClN4OS. The number of hydrogen-bond acceptors (Lipinski definition) is 4. The van der Waals surface area contributed by atoms with Crippen molar-refractivity contribution in [2.24, 2.45) is 0 Å². The highest BCUT2D eigenvalue weighted by Gasteiger charge is 2.13. The van der Waals surface area contributed by atoms with Crippen molar-refractivity contribution in [3.8, 4) is 22.0 Å². The third kappa shape index (κ3) is 3.58. The normalized spacial score (nSPS) is 11.0. The average molecular weight is 431 g/mol. The minimum atomic E-state index is -0.230. The molecule has 0 atom stereocenters. The molecule has 0 spiro atoms. The maximum atomic E-state index is 12.7. The zero-order valence-corrected chi connectivity index (χ0v) is 17.2. The maximum Gasteiger partial charge on any atom is 0.272 e. The van der Waals surface area contributed by atoms with Crippen molar-refractivity contribution < 1.29 is 4.79 Å². The van der Waals surface area contributed by atoms with Crippen molar-refractivity contribution in [1.82, 2.24) is 15.0 Å². The number of H-pyrrole nitrogens is 1. The number of hydrogen-bond donors (Lipinski definition) is 2. The number of anilines is 1. The summed E-state index contributed by atoms with van der Waals surface area (Å²) in [6.45, 7) is 0. The van der Waals surface area contributed by atoms with Crippen LogP contribution in [0.15, 0.2) is 78.3 Å². The van der Waals surface area contributed by atoms with Gasteiger partial charge in [0.05, 0.1) is 21.9 Å². The Morgan fingerprint density at radius 2 is 1.90 bits per heavy atom. The first kappa shape index (κ1) is 18.5. The van der Waals surface area contributed by atoms with Crippen LogP contribution in [0.4, 0.5) is 5.69 Å². The Hall–Kier alpha value is -3.48. The Bertz CT molecular complexity index is 1360. The van der Waals surface area contributed by atoms with Crippen LogP contribution in [0.2, 0.25) is 5.02 Å². The van der Waals surface area contributed by atoms with Crippen LogP contribution in [0.1, 0.15) is 10.5 Å². The first-order valence-corrected chi connectivity index (χ1v) is 10.5.